The van der Waals surface area contributed by atoms with Crippen molar-refractivity contribution in [3.8, 4) is 0 Å². The summed E-state index contributed by atoms with van der Waals surface area (Å²) in [6.07, 6.45) is 0. The van der Waals surface area contributed by atoms with Crippen LogP contribution in [0, 0.1) is 0 Å². The summed E-state index contributed by atoms with van der Waals surface area (Å²) in [6.45, 7) is 0. The molecule has 1 aromatic carbocycles. The molecule has 1 nitrogen and oxygen atoms in total. The predicted octanol–water partition coefficient (Wildman–Crippen LogP) is 3.59. The molecular weight excluding hydrogens is 237 g/mol. The fourth-order valence-electron chi connectivity index (χ4n) is 1.29. The zero-order valence-electron chi connectivity index (χ0n) is 6.51. The summed E-state index contributed by atoms with van der Waals surface area (Å²) < 4.78 is 3.10. The Hall–Kier alpha value is -0.470. The Morgan fingerprint density at radius 1 is 1.42 bits per heavy atom. The van der Waals surface area contributed by atoms with Crippen molar-refractivity contribution in [3.05, 3.63) is 33.9 Å². The third-order valence-electron chi connectivity index (χ3n) is 1.98. The molecule has 1 aromatic heterocycles. The van der Waals surface area contributed by atoms with Gasteiger partial charge in [0, 0.05) is 17.5 Å². The zero-order chi connectivity index (χ0) is 8.72. The highest BCUT2D eigenvalue weighted by Crippen LogP contribution is 2.28. The van der Waals surface area contributed by atoms with Gasteiger partial charge in [0.05, 0.1) is 10.1 Å². The van der Waals surface area contributed by atoms with E-state index in [4.69, 9.17) is 11.6 Å². The standard InChI is InChI=1S/C9H7BrClN/c1-12-8-4-2-3-7(11)6(8)5-9(12)10/h2-5H,1H3. The van der Waals surface area contributed by atoms with E-state index in [1.54, 1.807) is 0 Å². The third-order valence-corrected chi connectivity index (χ3v) is 3.07. The molecule has 0 aliphatic carbocycles. The van der Waals surface area contributed by atoms with E-state index in [1.165, 1.54) is 0 Å². The largest absolute Gasteiger partial charge is 0.338 e. The number of fused-ring (bicyclic) bond motifs is 1. The van der Waals surface area contributed by atoms with Crippen LogP contribution in [-0.4, -0.2) is 4.57 Å². The minimum atomic E-state index is 0.800. The number of nitrogens with zero attached hydrogens (tertiary/aromatic N) is 1. The Kier molecular flexibility index (Phi) is 1.89. The quantitative estimate of drug-likeness (QED) is 0.667. The summed E-state index contributed by atoms with van der Waals surface area (Å²) in [4.78, 5) is 0. The lowest BCUT2D eigenvalue weighted by Crippen LogP contribution is -1.85. The van der Waals surface area contributed by atoms with Crippen LogP contribution in [0.15, 0.2) is 28.9 Å². The van der Waals surface area contributed by atoms with Gasteiger partial charge in [0.1, 0.15) is 0 Å². The van der Waals surface area contributed by atoms with Gasteiger partial charge in [-0.05, 0) is 34.1 Å². The topological polar surface area (TPSA) is 4.93 Å². The van der Waals surface area contributed by atoms with Crippen LogP contribution in [0.2, 0.25) is 5.02 Å². The van der Waals surface area contributed by atoms with Gasteiger partial charge in [-0.1, -0.05) is 17.7 Å². The lowest BCUT2D eigenvalue weighted by atomic mass is 10.2. The number of hydrogen-bond acceptors (Lipinski definition) is 0. The minimum absolute atomic E-state index is 0.800. The second kappa shape index (κ2) is 2.79. The van der Waals surface area contributed by atoms with Crippen LogP contribution >= 0.6 is 27.5 Å². The molecular formula is C9H7BrClN. The van der Waals surface area contributed by atoms with E-state index in [1.807, 2.05) is 31.3 Å². The maximum absolute atomic E-state index is 6.01. The van der Waals surface area contributed by atoms with E-state index < -0.39 is 0 Å². The molecule has 3 heteroatoms. The van der Waals surface area contributed by atoms with Crippen molar-refractivity contribution < 1.29 is 0 Å². The van der Waals surface area contributed by atoms with Gasteiger partial charge in [-0.3, -0.25) is 0 Å². The molecule has 0 unspecified atom stereocenters. The van der Waals surface area contributed by atoms with Crippen LogP contribution < -0.4 is 0 Å². The molecule has 0 amide bonds. The Morgan fingerprint density at radius 3 is 2.83 bits per heavy atom. The van der Waals surface area contributed by atoms with E-state index >= 15 is 0 Å². The number of halogens is 2. The number of benzene rings is 1. The average molecular weight is 245 g/mol. The maximum Gasteiger partial charge on any atom is 0.0855 e. The normalized spacial score (nSPS) is 10.9. The van der Waals surface area contributed by atoms with Gasteiger partial charge in [0.15, 0.2) is 0 Å². The van der Waals surface area contributed by atoms with Gasteiger partial charge in [-0.15, -0.1) is 0 Å². The van der Waals surface area contributed by atoms with E-state index in [0.717, 1.165) is 20.5 Å². The molecule has 0 fully saturated rings. The van der Waals surface area contributed by atoms with Gasteiger partial charge < -0.3 is 4.57 Å². The highest BCUT2D eigenvalue weighted by Gasteiger charge is 2.04. The smallest absolute Gasteiger partial charge is 0.0855 e. The molecule has 1 heterocycles. The van der Waals surface area contributed by atoms with Gasteiger partial charge in [0.2, 0.25) is 0 Å². The summed E-state index contributed by atoms with van der Waals surface area (Å²) in [5.41, 5.74) is 1.15. The van der Waals surface area contributed by atoms with Crippen molar-refractivity contribution in [1.82, 2.24) is 4.57 Å². The van der Waals surface area contributed by atoms with Crippen LogP contribution in [0.3, 0.4) is 0 Å². The number of aromatic nitrogens is 1. The molecule has 0 saturated carbocycles. The zero-order valence-corrected chi connectivity index (χ0v) is 8.85. The van der Waals surface area contributed by atoms with Crippen LogP contribution in [0.25, 0.3) is 10.9 Å². The van der Waals surface area contributed by atoms with Crippen molar-refractivity contribution in [2.45, 2.75) is 0 Å². The minimum Gasteiger partial charge on any atom is -0.338 e. The summed E-state index contributed by atoms with van der Waals surface area (Å²) in [5.74, 6) is 0. The molecule has 0 N–H and O–H groups in total. The summed E-state index contributed by atoms with van der Waals surface area (Å²) in [7, 11) is 2.00. The van der Waals surface area contributed by atoms with Crippen molar-refractivity contribution in [3.63, 3.8) is 0 Å². The monoisotopic (exact) mass is 243 g/mol. The van der Waals surface area contributed by atoms with E-state index in [-0.39, 0.29) is 0 Å². The third kappa shape index (κ3) is 1.06. The second-order valence-corrected chi connectivity index (χ2v) is 3.92. The van der Waals surface area contributed by atoms with Gasteiger partial charge >= 0.3 is 0 Å². The summed E-state index contributed by atoms with van der Waals surface area (Å²) in [6, 6.07) is 7.93. The second-order valence-electron chi connectivity index (χ2n) is 2.70. The fraction of sp³-hybridized carbons (Fsp3) is 0.111. The first-order valence-corrected chi connectivity index (χ1v) is 4.76. The predicted molar refractivity (Wildman–Crippen MR) is 55.6 cm³/mol. The molecule has 0 aliphatic heterocycles. The molecule has 0 spiro atoms. The number of rotatable bonds is 0. The Morgan fingerprint density at radius 2 is 2.17 bits per heavy atom. The SMILES string of the molecule is Cn1c(Br)cc2c(Cl)cccc21. The van der Waals surface area contributed by atoms with Crippen molar-refractivity contribution >= 4 is 38.4 Å². The first kappa shape index (κ1) is 8.14. The summed E-state index contributed by atoms with van der Waals surface area (Å²) in [5, 5.41) is 1.89. The first-order chi connectivity index (χ1) is 5.70. The van der Waals surface area contributed by atoms with Crippen LogP contribution in [0.5, 0.6) is 0 Å². The van der Waals surface area contributed by atoms with Crippen LogP contribution in [0.1, 0.15) is 0 Å². The molecule has 0 bridgehead atoms. The highest BCUT2D eigenvalue weighted by atomic mass is 79.9. The van der Waals surface area contributed by atoms with Crippen molar-refractivity contribution in [1.29, 1.82) is 0 Å². The number of aryl methyl sites for hydroxylation is 1. The molecule has 2 rings (SSSR count). The Bertz CT molecular complexity index is 433. The molecule has 12 heavy (non-hydrogen) atoms. The number of hydrogen-bond donors (Lipinski definition) is 0. The lowest BCUT2D eigenvalue weighted by molar-refractivity contribution is 0.941. The first-order valence-electron chi connectivity index (χ1n) is 3.59. The van der Waals surface area contributed by atoms with Crippen molar-refractivity contribution in [2.75, 3.05) is 0 Å². The van der Waals surface area contributed by atoms with Gasteiger partial charge in [-0.25, -0.2) is 0 Å². The van der Waals surface area contributed by atoms with Crippen LogP contribution in [0.4, 0.5) is 0 Å². The van der Waals surface area contributed by atoms with Crippen LogP contribution in [-0.2, 0) is 7.05 Å². The molecule has 0 radical (unpaired) electrons. The molecule has 0 saturated heterocycles. The maximum atomic E-state index is 6.01. The van der Waals surface area contributed by atoms with E-state index in [9.17, 15) is 0 Å². The average Bonchev–Trinajstić information content (AvgIpc) is 2.32. The highest BCUT2D eigenvalue weighted by molar-refractivity contribution is 9.10. The Labute approximate surface area is 84.1 Å². The van der Waals surface area contributed by atoms with Gasteiger partial charge in [0.25, 0.3) is 0 Å². The van der Waals surface area contributed by atoms with Crippen molar-refractivity contribution in [2.24, 2.45) is 7.05 Å². The molecule has 0 atom stereocenters. The fourth-order valence-corrected chi connectivity index (χ4v) is 1.94. The molecule has 0 aliphatic rings. The van der Waals surface area contributed by atoms with E-state index in [2.05, 4.69) is 20.5 Å². The van der Waals surface area contributed by atoms with E-state index in [0.29, 0.717) is 0 Å². The molecule has 62 valence electrons. The van der Waals surface area contributed by atoms with Gasteiger partial charge in [-0.2, -0.15) is 0 Å². The summed E-state index contributed by atoms with van der Waals surface area (Å²) >= 11 is 9.46. The lowest BCUT2D eigenvalue weighted by Gasteiger charge is -1.97. The Balaban J connectivity index is 2.95. The molecule has 2 aromatic rings.